The van der Waals surface area contributed by atoms with Crippen molar-refractivity contribution < 1.29 is 14.6 Å². The van der Waals surface area contributed by atoms with E-state index in [4.69, 9.17) is 4.74 Å². The highest BCUT2D eigenvalue weighted by molar-refractivity contribution is 5.65. The summed E-state index contributed by atoms with van der Waals surface area (Å²) in [7, 11) is 0. The summed E-state index contributed by atoms with van der Waals surface area (Å²) in [4.78, 5) is 11.2. The van der Waals surface area contributed by atoms with Crippen LogP contribution >= 0.6 is 0 Å². The number of nitrogens with one attached hydrogen (secondary N) is 1. The molecule has 24 heavy (non-hydrogen) atoms. The van der Waals surface area contributed by atoms with Crippen molar-refractivity contribution in [3.63, 3.8) is 0 Å². The molecule has 2 aromatic carbocycles. The summed E-state index contributed by atoms with van der Waals surface area (Å²) >= 11 is 0. The Bertz CT molecular complexity index is 615. The predicted octanol–water partition coefficient (Wildman–Crippen LogP) is 2.87. The van der Waals surface area contributed by atoms with Gasteiger partial charge in [-0.2, -0.15) is 0 Å². The van der Waals surface area contributed by atoms with E-state index in [1.807, 2.05) is 67.6 Å². The molecule has 0 bridgehead atoms. The Hall–Kier alpha value is -2.17. The molecule has 0 heterocycles. The summed E-state index contributed by atoms with van der Waals surface area (Å²) < 4.78 is 5.14. The monoisotopic (exact) mass is 327 g/mol. The summed E-state index contributed by atoms with van der Waals surface area (Å²) in [5.74, 6) is -0.346. The molecule has 0 aliphatic carbocycles. The van der Waals surface area contributed by atoms with Crippen LogP contribution < -0.4 is 5.32 Å². The molecule has 0 aliphatic heterocycles. The summed E-state index contributed by atoms with van der Waals surface area (Å²) in [5, 5.41) is 14.0. The Morgan fingerprint density at radius 3 is 2.25 bits per heavy atom. The lowest BCUT2D eigenvalue weighted by molar-refractivity contribution is -0.142. The van der Waals surface area contributed by atoms with Crippen molar-refractivity contribution in [2.24, 2.45) is 0 Å². The molecule has 0 saturated heterocycles. The third-order valence-electron chi connectivity index (χ3n) is 3.98. The minimum Gasteiger partial charge on any atom is -0.464 e. The van der Waals surface area contributed by atoms with Crippen molar-refractivity contribution in [1.29, 1.82) is 0 Å². The van der Waals surface area contributed by atoms with Crippen LogP contribution in [0.1, 0.15) is 31.0 Å². The largest absolute Gasteiger partial charge is 0.464 e. The maximum absolute atomic E-state index is 11.2. The molecule has 2 rings (SSSR count). The van der Waals surface area contributed by atoms with E-state index in [1.54, 1.807) is 0 Å². The van der Waals surface area contributed by atoms with Crippen molar-refractivity contribution in [1.82, 2.24) is 5.32 Å². The van der Waals surface area contributed by atoms with E-state index in [2.05, 4.69) is 5.32 Å². The molecule has 1 unspecified atom stereocenters. The van der Waals surface area contributed by atoms with Gasteiger partial charge in [-0.15, -0.1) is 0 Å². The zero-order valence-corrected chi connectivity index (χ0v) is 14.2. The topological polar surface area (TPSA) is 58.6 Å². The number of carbonyl (C=O) groups excluding carboxylic acids is 1. The van der Waals surface area contributed by atoms with Gasteiger partial charge in [0.15, 0.2) is 0 Å². The van der Waals surface area contributed by atoms with Crippen molar-refractivity contribution in [3.8, 4) is 0 Å². The Morgan fingerprint density at radius 1 is 1.08 bits per heavy atom. The number of esters is 1. The first kappa shape index (κ1) is 18.2. The van der Waals surface area contributed by atoms with Gasteiger partial charge in [0.1, 0.15) is 6.61 Å². The van der Waals surface area contributed by atoms with Gasteiger partial charge >= 0.3 is 5.97 Å². The number of hydrogen-bond donors (Lipinski definition) is 2. The van der Waals surface area contributed by atoms with Crippen LogP contribution in [-0.4, -0.2) is 29.8 Å². The molecule has 0 saturated carbocycles. The van der Waals surface area contributed by atoms with Gasteiger partial charge in [-0.25, -0.2) is 0 Å². The maximum Gasteiger partial charge on any atom is 0.302 e. The van der Waals surface area contributed by atoms with Crippen molar-refractivity contribution >= 4 is 5.97 Å². The van der Waals surface area contributed by atoms with E-state index in [-0.39, 0.29) is 24.7 Å². The zero-order chi connectivity index (χ0) is 17.4. The molecular weight excluding hydrogens is 302 g/mol. The Morgan fingerprint density at radius 2 is 1.67 bits per heavy atom. The molecule has 0 aromatic heterocycles. The molecule has 0 aliphatic rings. The van der Waals surface area contributed by atoms with E-state index in [0.717, 1.165) is 11.1 Å². The first-order valence-electron chi connectivity index (χ1n) is 8.22. The van der Waals surface area contributed by atoms with Crippen LogP contribution in [0.5, 0.6) is 0 Å². The molecular formula is C20H25NO3. The first-order chi connectivity index (χ1) is 11.6. The second-order valence-corrected chi connectivity index (χ2v) is 5.97. The molecule has 0 spiro atoms. The van der Waals surface area contributed by atoms with E-state index >= 15 is 0 Å². The van der Waals surface area contributed by atoms with Crippen LogP contribution in [-0.2, 0) is 16.0 Å². The second-order valence-electron chi connectivity index (χ2n) is 5.97. The Labute approximate surface area is 143 Å². The minimum atomic E-state index is -0.655. The van der Waals surface area contributed by atoms with Gasteiger partial charge in [0.25, 0.3) is 0 Å². The van der Waals surface area contributed by atoms with Crippen molar-refractivity contribution in [2.45, 2.75) is 38.5 Å². The fourth-order valence-corrected chi connectivity index (χ4v) is 2.63. The molecule has 2 N–H and O–H groups in total. The van der Waals surface area contributed by atoms with Gasteiger partial charge in [-0.05, 0) is 18.1 Å². The van der Waals surface area contributed by atoms with Crippen molar-refractivity contribution in [2.75, 3.05) is 6.61 Å². The lowest BCUT2D eigenvalue weighted by atomic mass is 10.0. The molecule has 0 radical (unpaired) electrons. The summed E-state index contributed by atoms with van der Waals surface area (Å²) in [6.45, 7) is 3.55. The van der Waals surface area contributed by atoms with E-state index in [1.165, 1.54) is 6.92 Å². The zero-order valence-electron chi connectivity index (χ0n) is 14.2. The van der Waals surface area contributed by atoms with Gasteiger partial charge in [0.05, 0.1) is 12.1 Å². The fraction of sp³-hybridized carbons (Fsp3) is 0.350. The highest BCUT2D eigenvalue weighted by Crippen LogP contribution is 2.15. The van der Waals surface area contributed by atoms with Crippen LogP contribution in [0, 0.1) is 0 Å². The van der Waals surface area contributed by atoms with Crippen LogP contribution in [0.25, 0.3) is 0 Å². The molecule has 3 atom stereocenters. The fourth-order valence-electron chi connectivity index (χ4n) is 2.63. The Kier molecular flexibility index (Phi) is 6.97. The van der Waals surface area contributed by atoms with Gasteiger partial charge in [-0.1, -0.05) is 60.7 Å². The van der Waals surface area contributed by atoms with E-state index < -0.39 is 6.10 Å². The predicted molar refractivity (Wildman–Crippen MR) is 94.6 cm³/mol. The van der Waals surface area contributed by atoms with Crippen LogP contribution in [0.15, 0.2) is 60.7 Å². The summed E-state index contributed by atoms with van der Waals surface area (Å²) in [6, 6.07) is 19.5. The van der Waals surface area contributed by atoms with Gasteiger partial charge in [0.2, 0.25) is 0 Å². The van der Waals surface area contributed by atoms with Crippen LogP contribution in [0.3, 0.4) is 0 Å². The number of ether oxygens (including phenoxy) is 1. The normalized spacial score (nSPS) is 14.6. The number of carbonyl (C=O) groups is 1. The number of benzene rings is 2. The molecule has 0 fully saturated rings. The number of aliphatic hydroxyl groups excluding tert-OH is 1. The molecule has 4 nitrogen and oxygen atoms in total. The highest BCUT2D eigenvalue weighted by atomic mass is 16.5. The average Bonchev–Trinajstić information content (AvgIpc) is 2.59. The maximum atomic E-state index is 11.2. The minimum absolute atomic E-state index is 0.0391. The molecule has 2 aromatic rings. The second kappa shape index (κ2) is 9.21. The third-order valence-corrected chi connectivity index (χ3v) is 3.98. The highest BCUT2D eigenvalue weighted by Gasteiger charge is 2.23. The summed E-state index contributed by atoms with van der Waals surface area (Å²) in [5.41, 5.74) is 2.17. The van der Waals surface area contributed by atoms with E-state index in [9.17, 15) is 9.90 Å². The molecule has 128 valence electrons. The van der Waals surface area contributed by atoms with Crippen LogP contribution in [0.2, 0.25) is 0 Å². The lowest BCUT2D eigenvalue weighted by Gasteiger charge is -2.27. The summed E-state index contributed by atoms with van der Waals surface area (Å²) in [6.07, 6.45) is -0.153. The average molecular weight is 327 g/mol. The van der Waals surface area contributed by atoms with Crippen LogP contribution in [0.4, 0.5) is 0 Å². The number of aliphatic hydroxyl groups is 1. The van der Waals surface area contributed by atoms with Gasteiger partial charge in [0, 0.05) is 19.4 Å². The number of hydrogen-bond acceptors (Lipinski definition) is 4. The molecule has 4 heteroatoms. The van der Waals surface area contributed by atoms with Gasteiger partial charge in [-0.3, -0.25) is 4.79 Å². The Balaban J connectivity index is 2.04. The first-order valence-corrected chi connectivity index (χ1v) is 8.22. The quantitative estimate of drug-likeness (QED) is 0.732. The van der Waals surface area contributed by atoms with E-state index in [0.29, 0.717) is 6.42 Å². The third kappa shape index (κ3) is 5.80. The number of rotatable bonds is 8. The lowest BCUT2D eigenvalue weighted by Crippen LogP contribution is -2.45. The SMILES string of the molecule is CC(=O)OC[C@H](N[C@H](C)c1ccccc1)C(O)Cc1ccccc1. The van der Waals surface area contributed by atoms with Crippen molar-refractivity contribution in [3.05, 3.63) is 71.8 Å². The van der Waals surface area contributed by atoms with Gasteiger partial charge < -0.3 is 15.2 Å². The smallest absolute Gasteiger partial charge is 0.302 e. The molecule has 0 amide bonds. The standard InChI is InChI=1S/C20H25NO3/c1-15(18-11-7-4-8-12-18)21-19(14-24-16(2)22)20(23)13-17-9-5-3-6-10-17/h3-12,15,19-21,23H,13-14H2,1-2H3/t15-,19+,20?/m1/s1.